The van der Waals surface area contributed by atoms with Gasteiger partial charge in [0, 0.05) is 0 Å². The van der Waals surface area contributed by atoms with Crippen LogP contribution in [0.3, 0.4) is 0 Å². The van der Waals surface area contributed by atoms with E-state index < -0.39 is 5.25 Å². The number of thioether (sulfide) groups is 1. The van der Waals surface area contributed by atoms with Gasteiger partial charge in [-0.3, -0.25) is 14.2 Å². The van der Waals surface area contributed by atoms with Crippen LogP contribution in [0.15, 0.2) is 82.7 Å². The Labute approximate surface area is 201 Å². The molecule has 0 spiro atoms. The zero-order chi connectivity index (χ0) is 24.1. The maximum Gasteiger partial charge on any atom is 0.266 e. The molecule has 4 aromatic rings. The van der Waals surface area contributed by atoms with Gasteiger partial charge >= 0.3 is 0 Å². The van der Waals surface area contributed by atoms with E-state index in [9.17, 15) is 14.9 Å². The number of nitriles is 1. The highest BCUT2D eigenvalue weighted by molar-refractivity contribution is 8.00. The fraction of sp³-hybridized carbons (Fsp3) is 0.154. The van der Waals surface area contributed by atoms with Crippen LogP contribution < -0.4 is 15.6 Å². The quantitative estimate of drug-likeness (QED) is 0.309. The normalized spacial score (nSPS) is 11.6. The van der Waals surface area contributed by atoms with E-state index in [1.54, 1.807) is 73.7 Å². The van der Waals surface area contributed by atoms with E-state index in [1.807, 2.05) is 13.0 Å². The van der Waals surface area contributed by atoms with Crippen LogP contribution in [-0.2, 0) is 4.79 Å². The second-order valence-electron chi connectivity index (χ2n) is 7.39. The summed E-state index contributed by atoms with van der Waals surface area (Å²) < 4.78 is 7.02. The lowest BCUT2D eigenvalue weighted by Gasteiger charge is -2.17. The Morgan fingerprint density at radius 3 is 2.56 bits per heavy atom. The average Bonchev–Trinajstić information content (AvgIpc) is 2.85. The smallest absolute Gasteiger partial charge is 0.266 e. The highest BCUT2D eigenvalue weighted by Crippen LogP contribution is 2.27. The molecular formula is C26H22N4O3S. The minimum atomic E-state index is -0.589. The van der Waals surface area contributed by atoms with Crippen LogP contribution in [0.5, 0.6) is 5.75 Å². The summed E-state index contributed by atoms with van der Waals surface area (Å²) in [5.74, 6) is 0.402. The molecule has 0 fully saturated rings. The summed E-state index contributed by atoms with van der Waals surface area (Å²) >= 11 is 1.17. The van der Waals surface area contributed by atoms with Crippen molar-refractivity contribution in [2.75, 3.05) is 11.9 Å². The molecule has 0 saturated heterocycles. The van der Waals surface area contributed by atoms with Crippen molar-refractivity contribution in [3.8, 4) is 17.5 Å². The van der Waals surface area contributed by atoms with Crippen molar-refractivity contribution in [3.63, 3.8) is 0 Å². The topological polar surface area (TPSA) is 97.0 Å². The van der Waals surface area contributed by atoms with Gasteiger partial charge in [0.05, 0.1) is 39.7 Å². The summed E-state index contributed by atoms with van der Waals surface area (Å²) in [6.07, 6.45) is 0. The molecule has 4 rings (SSSR count). The first-order valence-electron chi connectivity index (χ1n) is 10.7. The van der Waals surface area contributed by atoms with Gasteiger partial charge in [0.2, 0.25) is 5.91 Å². The van der Waals surface area contributed by atoms with Crippen LogP contribution in [0.25, 0.3) is 16.6 Å². The second kappa shape index (κ2) is 10.2. The molecule has 8 heteroatoms. The molecule has 170 valence electrons. The predicted octanol–water partition coefficient (Wildman–Crippen LogP) is 4.78. The number of anilines is 1. The third-order valence-corrected chi connectivity index (χ3v) is 6.16. The Bertz CT molecular complexity index is 1440. The summed E-state index contributed by atoms with van der Waals surface area (Å²) in [6, 6.07) is 23.2. The van der Waals surface area contributed by atoms with Crippen molar-refractivity contribution in [2.24, 2.45) is 0 Å². The van der Waals surface area contributed by atoms with Crippen LogP contribution in [0.1, 0.15) is 19.4 Å². The van der Waals surface area contributed by atoms with E-state index in [2.05, 4.69) is 11.4 Å². The molecule has 0 saturated carbocycles. The van der Waals surface area contributed by atoms with Gasteiger partial charge in [-0.15, -0.1) is 0 Å². The zero-order valence-corrected chi connectivity index (χ0v) is 19.5. The molecule has 3 aromatic carbocycles. The summed E-state index contributed by atoms with van der Waals surface area (Å²) in [6.45, 7) is 4.18. The molecule has 1 amide bonds. The van der Waals surface area contributed by atoms with Gasteiger partial charge in [-0.05, 0) is 62.4 Å². The van der Waals surface area contributed by atoms with Gasteiger partial charge in [0.1, 0.15) is 11.8 Å². The maximum absolute atomic E-state index is 13.4. The van der Waals surface area contributed by atoms with E-state index in [4.69, 9.17) is 9.72 Å². The zero-order valence-electron chi connectivity index (χ0n) is 18.7. The number of benzene rings is 3. The lowest BCUT2D eigenvalue weighted by Crippen LogP contribution is -2.26. The number of para-hydroxylation sites is 2. The summed E-state index contributed by atoms with van der Waals surface area (Å²) in [7, 11) is 0. The van der Waals surface area contributed by atoms with E-state index in [0.29, 0.717) is 45.4 Å². The minimum absolute atomic E-state index is 0.223. The Hall–Kier alpha value is -4.09. The fourth-order valence-electron chi connectivity index (χ4n) is 3.41. The van der Waals surface area contributed by atoms with E-state index in [0.717, 1.165) is 0 Å². The third-order valence-electron chi connectivity index (χ3n) is 5.11. The van der Waals surface area contributed by atoms with Crippen LogP contribution >= 0.6 is 11.8 Å². The van der Waals surface area contributed by atoms with Gasteiger partial charge in [-0.2, -0.15) is 5.26 Å². The molecule has 34 heavy (non-hydrogen) atoms. The molecular weight excluding hydrogens is 448 g/mol. The molecule has 0 aliphatic heterocycles. The molecule has 0 bridgehead atoms. The van der Waals surface area contributed by atoms with Gasteiger partial charge in [0.15, 0.2) is 5.16 Å². The standard InChI is InChI=1S/C26H22N4O3S/c1-3-33-20-14-12-19(13-15-20)30-25(32)21-9-5-7-11-23(21)29-26(30)34-17(2)24(31)28-22-10-6-4-8-18(22)16-27/h4-15,17H,3H2,1-2H3,(H,28,31). The number of ether oxygens (including phenoxy) is 1. The van der Waals surface area contributed by atoms with Crippen molar-refractivity contribution in [3.05, 3.63) is 88.7 Å². The first-order valence-corrected chi connectivity index (χ1v) is 11.6. The molecule has 1 N–H and O–H groups in total. The first-order chi connectivity index (χ1) is 16.5. The number of nitrogens with one attached hydrogen (secondary N) is 1. The average molecular weight is 471 g/mol. The van der Waals surface area contributed by atoms with E-state index in [1.165, 1.54) is 16.3 Å². The number of aromatic nitrogens is 2. The monoisotopic (exact) mass is 470 g/mol. The predicted molar refractivity (Wildman–Crippen MR) is 134 cm³/mol. The number of fused-ring (bicyclic) bond motifs is 1. The summed E-state index contributed by atoms with van der Waals surface area (Å²) in [4.78, 5) is 31.0. The Morgan fingerprint density at radius 1 is 1.12 bits per heavy atom. The molecule has 1 aromatic heterocycles. The molecule has 1 atom stereocenters. The van der Waals surface area contributed by atoms with Gasteiger partial charge in [-0.25, -0.2) is 4.98 Å². The van der Waals surface area contributed by atoms with Crippen LogP contribution in [0.2, 0.25) is 0 Å². The van der Waals surface area contributed by atoms with Gasteiger partial charge < -0.3 is 10.1 Å². The van der Waals surface area contributed by atoms with Crippen molar-refractivity contribution < 1.29 is 9.53 Å². The number of nitrogens with zero attached hydrogens (tertiary/aromatic N) is 3. The molecule has 1 heterocycles. The number of amides is 1. The van der Waals surface area contributed by atoms with Crippen LogP contribution in [0.4, 0.5) is 5.69 Å². The van der Waals surface area contributed by atoms with Gasteiger partial charge in [0.25, 0.3) is 5.56 Å². The first kappa shape index (κ1) is 23.1. The SMILES string of the molecule is CCOc1ccc(-n2c(SC(C)C(=O)Nc3ccccc3C#N)nc3ccccc3c2=O)cc1. The lowest BCUT2D eigenvalue weighted by molar-refractivity contribution is -0.115. The van der Waals surface area contributed by atoms with E-state index >= 15 is 0 Å². The Kier molecular flexibility index (Phi) is 6.95. The van der Waals surface area contributed by atoms with Crippen molar-refractivity contribution in [2.45, 2.75) is 24.3 Å². The lowest BCUT2D eigenvalue weighted by atomic mass is 10.2. The number of hydrogen-bond acceptors (Lipinski definition) is 6. The maximum atomic E-state index is 13.4. The second-order valence-corrected chi connectivity index (χ2v) is 8.69. The Balaban J connectivity index is 1.71. The fourth-order valence-corrected chi connectivity index (χ4v) is 4.34. The molecule has 0 radical (unpaired) electrons. The number of carbonyl (C=O) groups is 1. The molecule has 0 aliphatic carbocycles. The highest BCUT2D eigenvalue weighted by Gasteiger charge is 2.21. The van der Waals surface area contributed by atoms with Crippen LogP contribution in [-0.4, -0.2) is 27.3 Å². The Morgan fingerprint density at radius 2 is 1.82 bits per heavy atom. The number of carbonyl (C=O) groups excluding carboxylic acids is 1. The third kappa shape index (κ3) is 4.80. The molecule has 7 nitrogen and oxygen atoms in total. The van der Waals surface area contributed by atoms with Crippen molar-refractivity contribution >= 4 is 34.3 Å². The highest BCUT2D eigenvalue weighted by atomic mass is 32.2. The largest absolute Gasteiger partial charge is 0.494 e. The van der Waals surface area contributed by atoms with Crippen molar-refractivity contribution in [1.29, 1.82) is 5.26 Å². The number of hydrogen-bond donors (Lipinski definition) is 1. The van der Waals surface area contributed by atoms with Crippen molar-refractivity contribution in [1.82, 2.24) is 9.55 Å². The summed E-state index contributed by atoms with van der Waals surface area (Å²) in [5.41, 5.74) is 1.77. The van der Waals surface area contributed by atoms with Gasteiger partial charge in [-0.1, -0.05) is 36.0 Å². The number of rotatable bonds is 7. The minimum Gasteiger partial charge on any atom is -0.494 e. The molecule has 1 unspecified atom stereocenters. The molecule has 0 aliphatic rings. The van der Waals surface area contributed by atoms with E-state index in [-0.39, 0.29) is 11.5 Å². The summed E-state index contributed by atoms with van der Waals surface area (Å²) in [5, 5.41) is 12.4. The van der Waals surface area contributed by atoms with Crippen LogP contribution in [0, 0.1) is 11.3 Å².